The van der Waals surface area contributed by atoms with Gasteiger partial charge in [0, 0.05) is 10.1 Å². The average molecular weight is 398 g/mol. The van der Waals surface area contributed by atoms with Gasteiger partial charge in [0.25, 0.3) is 5.91 Å². The van der Waals surface area contributed by atoms with Crippen molar-refractivity contribution in [2.24, 2.45) is 5.73 Å². The number of nitrogens with one attached hydrogen (secondary N) is 1. The maximum absolute atomic E-state index is 12.5. The Labute approximate surface area is 155 Å². The van der Waals surface area contributed by atoms with Gasteiger partial charge in [-0.05, 0) is 13.0 Å². The highest BCUT2D eigenvalue weighted by molar-refractivity contribution is 8.01. The third-order valence-electron chi connectivity index (χ3n) is 3.06. The topological polar surface area (TPSA) is 85.1 Å². The number of halogens is 1. The number of hydrogen-bond donors (Lipinski definition) is 2. The lowest BCUT2D eigenvalue weighted by atomic mass is 10.2. The van der Waals surface area contributed by atoms with E-state index in [9.17, 15) is 9.59 Å². The normalized spacial score (nSPS) is 10.9. The van der Waals surface area contributed by atoms with Crippen LogP contribution in [0.15, 0.2) is 28.5 Å². The van der Waals surface area contributed by atoms with Gasteiger partial charge < -0.3 is 5.73 Å². The van der Waals surface area contributed by atoms with Crippen LogP contribution in [0.25, 0.3) is 10.1 Å². The summed E-state index contributed by atoms with van der Waals surface area (Å²) in [6, 6.07) is 7.60. The molecule has 0 spiro atoms. The average Bonchev–Trinajstić information content (AvgIpc) is 3.06. The molecular weight excluding hydrogens is 386 g/mol. The number of fused-ring (bicyclic) bond motifs is 1. The Morgan fingerprint density at radius 2 is 2.08 bits per heavy atom. The molecule has 0 aliphatic heterocycles. The van der Waals surface area contributed by atoms with Crippen LogP contribution in [0, 0.1) is 6.92 Å². The Bertz CT molecular complexity index is 935. The van der Waals surface area contributed by atoms with E-state index in [0.29, 0.717) is 15.0 Å². The van der Waals surface area contributed by atoms with E-state index >= 15 is 0 Å². The van der Waals surface area contributed by atoms with Gasteiger partial charge in [-0.15, -0.1) is 23.1 Å². The van der Waals surface area contributed by atoms with Gasteiger partial charge in [0.15, 0.2) is 5.13 Å². The van der Waals surface area contributed by atoms with E-state index in [0.717, 1.165) is 20.0 Å². The molecule has 0 aliphatic carbocycles. The fourth-order valence-corrected chi connectivity index (χ4v) is 5.31. The van der Waals surface area contributed by atoms with Crippen molar-refractivity contribution in [3.05, 3.63) is 39.9 Å². The Morgan fingerprint density at radius 3 is 2.79 bits per heavy atom. The molecule has 0 atom stereocenters. The number of hydrogen-bond acceptors (Lipinski definition) is 6. The van der Waals surface area contributed by atoms with Crippen molar-refractivity contribution < 1.29 is 9.59 Å². The summed E-state index contributed by atoms with van der Waals surface area (Å²) >= 11 is 10.3. The molecule has 2 amide bonds. The number of benzene rings is 1. The number of rotatable bonds is 5. The summed E-state index contributed by atoms with van der Waals surface area (Å²) in [5, 5.41) is 4.56. The second-order valence-corrected chi connectivity index (χ2v) is 8.52. The van der Waals surface area contributed by atoms with E-state index in [-0.39, 0.29) is 11.7 Å². The van der Waals surface area contributed by atoms with Gasteiger partial charge in [0.05, 0.1) is 20.7 Å². The fraction of sp³-hybridized carbons (Fsp3) is 0.133. The molecule has 0 saturated heterocycles. The molecule has 2 aromatic heterocycles. The molecule has 3 aromatic rings. The zero-order valence-electron chi connectivity index (χ0n) is 12.5. The summed E-state index contributed by atoms with van der Waals surface area (Å²) in [7, 11) is 0. The Morgan fingerprint density at radius 1 is 1.33 bits per heavy atom. The Balaban J connectivity index is 1.80. The van der Waals surface area contributed by atoms with Crippen molar-refractivity contribution in [3.8, 4) is 0 Å². The number of primary amides is 1. The summed E-state index contributed by atoms with van der Waals surface area (Å²) in [5.41, 5.74) is 5.90. The van der Waals surface area contributed by atoms with Gasteiger partial charge in [0.2, 0.25) is 5.91 Å². The number of nitrogens with zero attached hydrogens (tertiary/aromatic N) is 1. The van der Waals surface area contributed by atoms with Crippen LogP contribution in [-0.4, -0.2) is 22.6 Å². The van der Waals surface area contributed by atoms with Crippen LogP contribution in [0.1, 0.15) is 15.4 Å². The number of nitrogens with two attached hydrogens (primary N) is 1. The van der Waals surface area contributed by atoms with Crippen molar-refractivity contribution in [3.63, 3.8) is 0 Å². The van der Waals surface area contributed by atoms with E-state index in [1.165, 1.54) is 34.4 Å². The molecule has 3 rings (SSSR count). The quantitative estimate of drug-likeness (QED) is 0.633. The summed E-state index contributed by atoms with van der Waals surface area (Å²) < 4.78 is 1.81. The molecule has 0 fully saturated rings. The van der Waals surface area contributed by atoms with Gasteiger partial charge in [-0.25, -0.2) is 4.98 Å². The molecule has 24 heavy (non-hydrogen) atoms. The molecular formula is C15H12ClN3O2S3. The molecule has 0 radical (unpaired) electrons. The van der Waals surface area contributed by atoms with Crippen LogP contribution in [0.5, 0.6) is 0 Å². The molecule has 0 saturated carbocycles. The molecule has 9 heteroatoms. The molecule has 0 unspecified atom stereocenters. The van der Waals surface area contributed by atoms with E-state index in [4.69, 9.17) is 17.3 Å². The second kappa shape index (κ2) is 7.10. The molecule has 5 nitrogen and oxygen atoms in total. The minimum atomic E-state index is -0.393. The van der Waals surface area contributed by atoms with Crippen LogP contribution < -0.4 is 11.1 Å². The van der Waals surface area contributed by atoms with Gasteiger partial charge in [-0.3, -0.25) is 14.9 Å². The molecule has 0 bridgehead atoms. The first-order valence-corrected chi connectivity index (χ1v) is 9.82. The number of carbonyl (C=O) groups excluding carboxylic acids is 2. The van der Waals surface area contributed by atoms with Gasteiger partial charge in [-0.1, -0.05) is 41.1 Å². The summed E-state index contributed by atoms with van der Waals surface area (Å²) in [5.74, 6) is -0.504. The largest absolute Gasteiger partial charge is 0.369 e. The maximum atomic E-state index is 12.5. The third kappa shape index (κ3) is 3.56. The van der Waals surface area contributed by atoms with Crippen molar-refractivity contribution in [1.29, 1.82) is 0 Å². The molecule has 124 valence electrons. The standard InChI is InChI=1S/C15H12ClN3O2S3/c1-7-14(22-6-10(17)20)24-15(18-7)19-13(21)12-11(16)8-4-2-3-5-9(8)23-12/h2-5H,6H2,1H3,(H2,17,20)(H,18,19,21). The second-order valence-electron chi connectivity index (χ2n) is 4.84. The number of thiazole rings is 1. The molecule has 1 aromatic carbocycles. The summed E-state index contributed by atoms with van der Waals surface area (Å²) in [6.07, 6.45) is 0. The number of aryl methyl sites for hydroxylation is 1. The van der Waals surface area contributed by atoms with Gasteiger partial charge in [-0.2, -0.15) is 0 Å². The highest BCUT2D eigenvalue weighted by Crippen LogP contribution is 2.36. The molecule has 0 aliphatic rings. The van der Waals surface area contributed by atoms with Crippen LogP contribution in [0.3, 0.4) is 0 Å². The highest BCUT2D eigenvalue weighted by atomic mass is 35.5. The predicted octanol–water partition coefficient (Wildman–Crippen LogP) is 4.15. The number of carbonyl (C=O) groups is 2. The predicted molar refractivity (Wildman–Crippen MR) is 102 cm³/mol. The number of anilines is 1. The van der Waals surface area contributed by atoms with Gasteiger partial charge >= 0.3 is 0 Å². The first kappa shape index (κ1) is 17.2. The van der Waals surface area contributed by atoms with Crippen molar-refractivity contribution in [2.45, 2.75) is 11.1 Å². The zero-order chi connectivity index (χ0) is 17.3. The van der Waals surface area contributed by atoms with Crippen molar-refractivity contribution in [2.75, 3.05) is 11.1 Å². The molecule has 3 N–H and O–H groups in total. The minimum absolute atomic E-state index is 0.179. The fourth-order valence-electron chi connectivity index (χ4n) is 2.02. The number of thioether (sulfide) groups is 1. The van der Waals surface area contributed by atoms with Crippen molar-refractivity contribution in [1.82, 2.24) is 4.98 Å². The van der Waals surface area contributed by atoms with Crippen LogP contribution in [0.2, 0.25) is 5.02 Å². The smallest absolute Gasteiger partial charge is 0.269 e. The summed E-state index contributed by atoms with van der Waals surface area (Å²) in [6.45, 7) is 1.82. The maximum Gasteiger partial charge on any atom is 0.269 e. The van der Waals surface area contributed by atoms with Crippen LogP contribution in [0.4, 0.5) is 5.13 Å². The molecule has 2 heterocycles. The van der Waals surface area contributed by atoms with E-state index in [1.54, 1.807) is 0 Å². The number of thiophene rings is 1. The third-order valence-corrected chi connectivity index (χ3v) is 7.19. The van der Waals surface area contributed by atoms with Gasteiger partial charge in [0.1, 0.15) is 4.88 Å². The monoisotopic (exact) mass is 397 g/mol. The Kier molecular flexibility index (Phi) is 5.09. The van der Waals surface area contributed by atoms with Crippen molar-refractivity contribution >= 4 is 73.1 Å². The lowest BCUT2D eigenvalue weighted by Gasteiger charge is -1.99. The first-order valence-electron chi connectivity index (χ1n) is 6.82. The minimum Gasteiger partial charge on any atom is -0.369 e. The Hall–Kier alpha value is -1.61. The number of amides is 2. The first-order chi connectivity index (χ1) is 11.5. The van der Waals surface area contributed by atoms with E-state index in [2.05, 4.69) is 10.3 Å². The van der Waals surface area contributed by atoms with E-state index in [1.807, 2.05) is 31.2 Å². The SMILES string of the molecule is Cc1nc(NC(=O)c2sc3ccccc3c2Cl)sc1SCC(N)=O. The van der Waals surface area contributed by atoms with Crippen LogP contribution in [-0.2, 0) is 4.79 Å². The van der Waals surface area contributed by atoms with E-state index < -0.39 is 5.91 Å². The van der Waals surface area contributed by atoms with Crippen LogP contribution >= 0.6 is 46.0 Å². The zero-order valence-corrected chi connectivity index (χ0v) is 15.7. The lowest BCUT2D eigenvalue weighted by molar-refractivity contribution is -0.115. The number of aromatic nitrogens is 1. The summed E-state index contributed by atoms with van der Waals surface area (Å²) in [4.78, 5) is 28.1. The lowest BCUT2D eigenvalue weighted by Crippen LogP contribution is -2.12. The highest BCUT2D eigenvalue weighted by Gasteiger charge is 2.19.